The number of hydrogen-bond donors (Lipinski definition) is 3. The second-order valence-electron chi connectivity index (χ2n) is 6.50. The Morgan fingerprint density at radius 1 is 1.12 bits per heavy atom. The number of β-amino-alcohol motifs (C(OH)–C–C–N with tert-alkyl or cyclic N) is 1. The maximum Gasteiger partial charge on any atom is 0.322 e. The van der Waals surface area contributed by atoms with Crippen LogP contribution < -0.4 is 10.6 Å². The number of aliphatic hydroxyl groups is 1. The van der Waals surface area contributed by atoms with Crippen LogP contribution in [-0.2, 0) is 11.3 Å². The minimum atomic E-state index is -0.703. The Balaban J connectivity index is 1.64. The summed E-state index contributed by atoms with van der Waals surface area (Å²) in [5.74, 6) is -0.256. The predicted molar refractivity (Wildman–Crippen MR) is 99.6 cm³/mol. The van der Waals surface area contributed by atoms with Gasteiger partial charge >= 0.3 is 6.03 Å². The molecule has 1 saturated heterocycles. The van der Waals surface area contributed by atoms with Crippen molar-refractivity contribution < 1.29 is 14.7 Å². The molecule has 0 radical (unpaired) electrons. The van der Waals surface area contributed by atoms with Gasteiger partial charge in [-0.2, -0.15) is 0 Å². The quantitative estimate of drug-likeness (QED) is 0.789. The van der Waals surface area contributed by atoms with Crippen LogP contribution in [0.25, 0.3) is 0 Å². The summed E-state index contributed by atoms with van der Waals surface area (Å²) in [6.07, 6.45) is -0.465. The minimum absolute atomic E-state index is 0.140. The zero-order valence-electron chi connectivity index (χ0n) is 14.7. The van der Waals surface area contributed by atoms with Crippen molar-refractivity contribution in [2.24, 2.45) is 0 Å². The molecule has 0 saturated carbocycles. The van der Waals surface area contributed by atoms with E-state index in [1.165, 1.54) is 4.90 Å². The average Bonchev–Trinajstić information content (AvgIpc) is 3.04. The van der Waals surface area contributed by atoms with E-state index < -0.39 is 12.1 Å². The molecule has 1 fully saturated rings. The Hall–Kier alpha value is -2.86. The van der Waals surface area contributed by atoms with Crippen LogP contribution in [0.4, 0.5) is 10.5 Å². The fourth-order valence-electron chi connectivity index (χ4n) is 3.11. The number of rotatable bonds is 4. The molecule has 136 valence electrons. The van der Waals surface area contributed by atoms with Crippen molar-refractivity contribution >= 4 is 17.6 Å². The molecule has 26 heavy (non-hydrogen) atoms. The maximum absolute atomic E-state index is 12.6. The van der Waals surface area contributed by atoms with Gasteiger partial charge in [-0.1, -0.05) is 42.5 Å². The molecule has 3 rings (SSSR count). The number of likely N-dealkylation sites (tertiary alicyclic amines) is 1. The van der Waals surface area contributed by atoms with E-state index in [-0.39, 0.29) is 24.9 Å². The van der Waals surface area contributed by atoms with Crippen LogP contribution in [0.15, 0.2) is 54.6 Å². The van der Waals surface area contributed by atoms with Crippen LogP contribution in [0.2, 0.25) is 0 Å². The zero-order chi connectivity index (χ0) is 18.5. The van der Waals surface area contributed by atoms with E-state index in [4.69, 9.17) is 0 Å². The molecule has 0 aromatic heterocycles. The van der Waals surface area contributed by atoms with Crippen molar-refractivity contribution in [2.45, 2.75) is 32.0 Å². The average molecular weight is 353 g/mol. The van der Waals surface area contributed by atoms with Gasteiger partial charge in [-0.25, -0.2) is 4.79 Å². The molecule has 2 aromatic carbocycles. The molecule has 0 unspecified atom stereocenters. The normalized spacial score (nSPS) is 19.2. The fraction of sp³-hybridized carbons (Fsp3) is 0.300. The number of aryl methyl sites for hydroxylation is 1. The first-order valence-electron chi connectivity index (χ1n) is 8.67. The van der Waals surface area contributed by atoms with Gasteiger partial charge in [0.25, 0.3) is 0 Å². The molecule has 6 nitrogen and oxygen atoms in total. The number of amides is 3. The second-order valence-corrected chi connectivity index (χ2v) is 6.50. The van der Waals surface area contributed by atoms with Gasteiger partial charge in [-0.3, -0.25) is 4.79 Å². The highest BCUT2D eigenvalue weighted by atomic mass is 16.3. The lowest BCUT2D eigenvalue weighted by Gasteiger charge is -2.24. The molecule has 0 aliphatic carbocycles. The lowest BCUT2D eigenvalue weighted by atomic mass is 10.1. The van der Waals surface area contributed by atoms with Gasteiger partial charge in [-0.15, -0.1) is 0 Å². The fourth-order valence-corrected chi connectivity index (χ4v) is 3.11. The van der Waals surface area contributed by atoms with Crippen molar-refractivity contribution in [3.8, 4) is 0 Å². The number of benzene rings is 2. The highest BCUT2D eigenvalue weighted by molar-refractivity contribution is 5.94. The molecule has 3 N–H and O–H groups in total. The van der Waals surface area contributed by atoms with Crippen molar-refractivity contribution in [1.82, 2.24) is 10.2 Å². The largest absolute Gasteiger partial charge is 0.391 e. The first-order valence-corrected chi connectivity index (χ1v) is 8.67. The van der Waals surface area contributed by atoms with Crippen LogP contribution in [0, 0.1) is 6.92 Å². The topological polar surface area (TPSA) is 81.7 Å². The third-order valence-electron chi connectivity index (χ3n) is 4.58. The number of urea groups is 1. The summed E-state index contributed by atoms with van der Waals surface area (Å²) < 4.78 is 0. The SMILES string of the molecule is Cc1ccccc1CNC(=O)[C@H]1C[C@@H](O)CN1C(=O)Nc1ccccc1. The molecule has 2 atom stereocenters. The monoisotopic (exact) mass is 353 g/mol. The van der Waals surface area contributed by atoms with Gasteiger partial charge in [0, 0.05) is 25.2 Å². The maximum atomic E-state index is 12.6. The summed E-state index contributed by atoms with van der Waals surface area (Å²) >= 11 is 0. The van der Waals surface area contributed by atoms with E-state index >= 15 is 0 Å². The van der Waals surface area contributed by atoms with Gasteiger partial charge < -0.3 is 20.6 Å². The Morgan fingerprint density at radius 3 is 2.54 bits per heavy atom. The standard InChI is InChI=1S/C20H23N3O3/c1-14-7-5-6-8-15(14)12-21-19(25)18-11-17(24)13-23(18)20(26)22-16-9-3-2-4-10-16/h2-10,17-18,24H,11-13H2,1H3,(H,21,25)(H,22,26)/t17-,18-/m1/s1. The molecular weight excluding hydrogens is 330 g/mol. The van der Waals surface area contributed by atoms with Gasteiger partial charge in [0.05, 0.1) is 6.10 Å². The molecule has 1 aliphatic heterocycles. The van der Waals surface area contributed by atoms with Crippen LogP contribution in [0.3, 0.4) is 0 Å². The predicted octanol–water partition coefficient (Wildman–Crippen LogP) is 2.28. The Morgan fingerprint density at radius 2 is 1.81 bits per heavy atom. The molecule has 0 spiro atoms. The van der Waals surface area contributed by atoms with Crippen molar-refractivity contribution in [2.75, 3.05) is 11.9 Å². The van der Waals surface area contributed by atoms with E-state index in [2.05, 4.69) is 10.6 Å². The van der Waals surface area contributed by atoms with E-state index in [0.29, 0.717) is 12.2 Å². The summed E-state index contributed by atoms with van der Waals surface area (Å²) in [5, 5.41) is 15.6. The molecule has 6 heteroatoms. The highest BCUT2D eigenvalue weighted by Crippen LogP contribution is 2.20. The third kappa shape index (κ3) is 4.21. The number of nitrogens with one attached hydrogen (secondary N) is 2. The first kappa shape index (κ1) is 17.9. The number of nitrogens with zero attached hydrogens (tertiary/aromatic N) is 1. The third-order valence-corrected chi connectivity index (χ3v) is 4.58. The number of carbonyl (C=O) groups is 2. The highest BCUT2D eigenvalue weighted by Gasteiger charge is 2.38. The molecule has 2 aromatic rings. The van der Waals surface area contributed by atoms with Crippen molar-refractivity contribution in [1.29, 1.82) is 0 Å². The summed E-state index contributed by atoms with van der Waals surface area (Å²) in [6, 6.07) is 15.8. The molecule has 3 amide bonds. The van der Waals surface area contributed by atoms with Crippen molar-refractivity contribution in [3.05, 3.63) is 65.7 Å². The Bertz CT molecular complexity index is 779. The number of para-hydroxylation sites is 1. The van der Waals surface area contributed by atoms with E-state index in [0.717, 1.165) is 11.1 Å². The smallest absolute Gasteiger partial charge is 0.322 e. The second kappa shape index (κ2) is 8.01. The Labute approximate surface area is 152 Å². The van der Waals surface area contributed by atoms with Crippen molar-refractivity contribution in [3.63, 3.8) is 0 Å². The first-order chi connectivity index (χ1) is 12.5. The van der Waals surface area contributed by atoms with E-state index in [9.17, 15) is 14.7 Å². The summed E-state index contributed by atoms with van der Waals surface area (Å²) in [5.41, 5.74) is 2.77. The zero-order valence-corrected chi connectivity index (χ0v) is 14.7. The summed E-state index contributed by atoms with van der Waals surface area (Å²) in [7, 11) is 0. The lowest BCUT2D eigenvalue weighted by molar-refractivity contribution is -0.124. The number of carbonyl (C=O) groups excluding carboxylic acids is 2. The number of aliphatic hydroxyl groups excluding tert-OH is 1. The van der Waals surface area contributed by atoms with Gasteiger partial charge in [0.1, 0.15) is 6.04 Å². The van der Waals surface area contributed by atoms with E-state index in [1.54, 1.807) is 12.1 Å². The van der Waals surface area contributed by atoms with Crippen LogP contribution >= 0.6 is 0 Å². The van der Waals surface area contributed by atoms with Gasteiger partial charge in [0.15, 0.2) is 0 Å². The molecular formula is C20H23N3O3. The Kier molecular flexibility index (Phi) is 5.53. The molecule has 1 aliphatic rings. The lowest BCUT2D eigenvalue weighted by Crippen LogP contribution is -2.47. The minimum Gasteiger partial charge on any atom is -0.391 e. The number of hydrogen-bond acceptors (Lipinski definition) is 3. The summed E-state index contributed by atoms with van der Waals surface area (Å²) in [4.78, 5) is 26.5. The van der Waals surface area contributed by atoms with Gasteiger partial charge in [-0.05, 0) is 30.2 Å². The summed E-state index contributed by atoms with van der Waals surface area (Å²) in [6.45, 7) is 2.52. The number of anilines is 1. The van der Waals surface area contributed by atoms with E-state index in [1.807, 2.05) is 49.4 Å². The van der Waals surface area contributed by atoms with Gasteiger partial charge in [0.2, 0.25) is 5.91 Å². The molecule has 1 heterocycles. The van der Waals surface area contributed by atoms with Crippen LogP contribution in [-0.4, -0.2) is 40.6 Å². The van der Waals surface area contributed by atoms with Crippen LogP contribution in [0.5, 0.6) is 0 Å². The molecule has 0 bridgehead atoms. The van der Waals surface area contributed by atoms with Crippen LogP contribution in [0.1, 0.15) is 17.5 Å².